The zero-order valence-electron chi connectivity index (χ0n) is 8.71. The number of carbonyl (C=O) groups is 1. The summed E-state index contributed by atoms with van der Waals surface area (Å²) in [4.78, 5) is 10.8. The van der Waals surface area contributed by atoms with Crippen LogP contribution in [0.15, 0.2) is 12.1 Å². The molecule has 6 heteroatoms. The lowest BCUT2D eigenvalue weighted by Crippen LogP contribution is -2.18. The smallest absolute Gasteiger partial charge is 0.307 e. The van der Waals surface area contributed by atoms with Gasteiger partial charge in [0.2, 0.25) is 0 Å². The van der Waals surface area contributed by atoms with Crippen LogP contribution in [0.1, 0.15) is 18.0 Å². The lowest BCUT2D eigenvalue weighted by Gasteiger charge is -2.13. The molecule has 1 aliphatic rings. The summed E-state index contributed by atoms with van der Waals surface area (Å²) in [5.74, 6) is -3.13. The Hall–Kier alpha value is -1.20. The third-order valence-electron chi connectivity index (χ3n) is 2.91. The lowest BCUT2D eigenvalue weighted by atomic mass is 9.99. The van der Waals surface area contributed by atoms with E-state index < -0.39 is 29.6 Å². The van der Waals surface area contributed by atoms with Gasteiger partial charge in [0, 0.05) is 18.2 Å². The molecule has 92 valence electrons. The first-order chi connectivity index (χ1) is 8.00. The summed E-state index contributed by atoms with van der Waals surface area (Å²) in [5.41, 5.74) is -0.179. The molecule has 0 radical (unpaired) electrons. The van der Waals surface area contributed by atoms with Crippen LogP contribution in [0.25, 0.3) is 0 Å². The number of hydrogen-bond acceptors (Lipinski definition) is 2. The molecular formula is C11H10ClF2NO2. The van der Waals surface area contributed by atoms with Gasteiger partial charge in [0.05, 0.1) is 10.9 Å². The van der Waals surface area contributed by atoms with Crippen LogP contribution in [-0.2, 0) is 4.79 Å². The van der Waals surface area contributed by atoms with E-state index >= 15 is 0 Å². The molecule has 2 atom stereocenters. The van der Waals surface area contributed by atoms with Gasteiger partial charge in [0.1, 0.15) is 11.6 Å². The third kappa shape index (κ3) is 2.25. The first-order valence-corrected chi connectivity index (χ1v) is 5.48. The number of rotatable bonds is 2. The van der Waals surface area contributed by atoms with Crippen LogP contribution in [0.4, 0.5) is 8.78 Å². The van der Waals surface area contributed by atoms with Gasteiger partial charge in [-0.1, -0.05) is 11.6 Å². The predicted octanol–water partition coefficient (Wildman–Crippen LogP) is 2.35. The molecule has 0 spiro atoms. The Morgan fingerprint density at radius 2 is 2.18 bits per heavy atom. The zero-order chi connectivity index (χ0) is 12.6. The van der Waals surface area contributed by atoms with Crippen molar-refractivity contribution in [1.29, 1.82) is 0 Å². The Balaban J connectivity index is 2.30. The lowest BCUT2D eigenvalue weighted by molar-refractivity contribution is -0.141. The van der Waals surface area contributed by atoms with Crippen LogP contribution in [0.3, 0.4) is 0 Å². The van der Waals surface area contributed by atoms with E-state index in [9.17, 15) is 13.6 Å². The summed E-state index contributed by atoms with van der Waals surface area (Å²) >= 11 is 5.58. The van der Waals surface area contributed by atoms with Gasteiger partial charge in [0.15, 0.2) is 0 Å². The average Bonchev–Trinajstić information content (AvgIpc) is 2.73. The number of carboxylic acids is 1. The predicted molar refractivity (Wildman–Crippen MR) is 57.9 cm³/mol. The molecule has 1 heterocycles. The van der Waals surface area contributed by atoms with E-state index in [-0.39, 0.29) is 23.6 Å². The SMILES string of the molecule is O=C(O)C1CNC(c2c(F)ccc(Cl)c2F)C1. The maximum atomic E-state index is 13.7. The molecule has 1 aliphatic heterocycles. The van der Waals surface area contributed by atoms with Crippen LogP contribution in [0.2, 0.25) is 5.02 Å². The molecule has 2 unspecified atom stereocenters. The molecule has 1 fully saturated rings. The third-order valence-corrected chi connectivity index (χ3v) is 3.20. The van der Waals surface area contributed by atoms with Gasteiger partial charge < -0.3 is 10.4 Å². The van der Waals surface area contributed by atoms with Crippen molar-refractivity contribution in [2.45, 2.75) is 12.5 Å². The van der Waals surface area contributed by atoms with Crippen molar-refractivity contribution in [1.82, 2.24) is 5.32 Å². The standard InChI is InChI=1S/C11H10ClF2NO2/c12-6-1-2-7(13)9(10(6)14)8-3-5(4-15-8)11(16)17/h1-2,5,8,15H,3-4H2,(H,16,17). The second-order valence-corrected chi connectivity index (χ2v) is 4.40. The van der Waals surface area contributed by atoms with Crippen LogP contribution in [0, 0.1) is 17.6 Å². The molecule has 2 rings (SSSR count). The fourth-order valence-corrected chi connectivity index (χ4v) is 2.17. The van der Waals surface area contributed by atoms with E-state index in [0.717, 1.165) is 12.1 Å². The number of benzene rings is 1. The number of carboxylic acid groups (broad SMARTS) is 1. The van der Waals surface area contributed by atoms with Gasteiger partial charge in [-0.25, -0.2) is 8.78 Å². The van der Waals surface area contributed by atoms with Gasteiger partial charge in [-0.2, -0.15) is 0 Å². The highest BCUT2D eigenvalue weighted by Gasteiger charge is 2.33. The normalized spacial score (nSPS) is 23.9. The molecule has 17 heavy (non-hydrogen) atoms. The van der Waals surface area contributed by atoms with Crippen molar-refractivity contribution < 1.29 is 18.7 Å². The molecule has 1 aromatic rings. The molecular weight excluding hydrogens is 252 g/mol. The summed E-state index contributed by atoms with van der Waals surface area (Å²) in [6.45, 7) is 0.200. The Labute approximate surface area is 101 Å². The first-order valence-electron chi connectivity index (χ1n) is 5.10. The van der Waals surface area contributed by atoms with Gasteiger partial charge in [-0.15, -0.1) is 0 Å². The van der Waals surface area contributed by atoms with Gasteiger partial charge in [-0.3, -0.25) is 4.79 Å². The Bertz CT molecular complexity index is 467. The molecule has 0 amide bonds. The van der Waals surface area contributed by atoms with Gasteiger partial charge >= 0.3 is 5.97 Å². The van der Waals surface area contributed by atoms with Gasteiger partial charge in [-0.05, 0) is 18.6 Å². The van der Waals surface area contributed by atoms with E-state index in [4.69, 9.17) is 16.7 Å². The van der Waals surface area contributed by atoms with E-state index in [2.05, 4.69) is 5.32 Å². The zero-order valence-corrected chi connectivity index (χ0v) is 9.47. The van der Waals surface area contributed by atoms with E-state index in [1.807, 2.05) is 0 Å². The molecule has 1 aromatic carbocycles. The fourth-order valence-electron chi connectivity index (χ4n) is 2.01. The topological polar surface area (TPSA) is 49.3 Å². The summed E-state index contributed by atoms with van der Waals surface area (Å²) in [6.07, 6.45) is 0.156. The van der Waals surface area contributed by atoms with Crippen LogP contribution >= 0.6 is 11.6 Å². The number of aliphatic carboxylic acids is 1. The summed E-state index contributed by atoms with van der Waals surface area (Å²) in [7, 11) is 0. The largest absolute Gasteiger partial charge is 0.481 e. The number of nitrogens with one attached hydrogen (secondary N) is 1. The summed E-state index contributed by atoms with van der Waals surface area (Å²) < 4.78 is 27.2. The molecule has 1 saturated heterocycles. The monoisotopic (exact) mass is 261 g/mol. The van der Waals surface area contributed by atoms with Crippen molar-refractivity contribution in [3.8, 4) is 0 Å². The van der Waals surface area contributed by atoms with Crippen molar-refractivity contribution in [3.05, 3.63) is 34.4 Å². The Morgan fingerprint density at radius 1 is 1.47 bits per heavy atom. The van der Waals surface area contributed by atoms with Crippen LogP contribution in [-0.4, -0.2) is 17.6 Å². The highest BCUT2D eigenvalue weighted by atomic mass is 35.5. The molecule has 0 aromatic heterocycles. The fraction of sp³-hybridized carbons (Fsp3) is 0.364. The minimum atomic E-state index is -0.970. The average molecular weight is 262 g/mol. The van der Waals surface area contributed by atoms with Crippen molar-refractivity contribution in [2.24, 2.45) is 5.92 Å². The summed E-state index contributed by atoms with van der Waals surface area (Å²) in [6, 6.07) is 1.57. The van der Waals surface area contributed by atoms with Crippen LogP contribution < -0.4 is 5.32 Å². The quantitative estimate of drug-likeness (QED) is 0.804. The highest BCUT2D eigenvalue weighted by Crippen LogP contribution is 2.33. The number of hydrogen-bond donors (Lipinski definition) is 2. The summed E-state index contributed by atoms with van der Waals surface area (Å²) in [5, 5.41) is 11.4. The van der Waals surface area contributed by atoms with Gasteiger partial charge in [0.25, 0.3) is 0 Å². The van der Waals surface area contributed by atoms with Crippen molar-refractivity contribution in [2.75, 3.05) is 6.54 Å². The minimum Gasteiger partial charge on any atom is -0.481 e. The molecule has 0 aliphatic carbocycles. The maximum Gasteiger partial charge on any atom is 0.307 e. The highest BCUT2D eigenvalue weighted by molar-refractivity contribution is 6.30. The van der Waals surface area contributed by atoms with E-state index in [1.54, 1.807) is 0 Å². The van der Waals surface area contributed by atoms with Crippen molar-refractivity contribution >= 4 is 17.6 Å². The van der Waals surface area contributed by atoms with Crippen molar-refractivity contribution in [3.63, 3.8) is 0 Å². The van der Waals surface area contributed by atoms with Crippen LogP contribution in [0.5, 0.6) is 0 Å². The molecule has 0 saturated carbocycles. The Kier molecular flexibility index (Phi) is 3.31. The first kappa shape index (κ1) is 12.3. The second-order valence-electron chi connectivity index (χ2n) is 3.99. The molecule has 3 nitrogen and oxygen atoms in total. The van der Waals surface area contributed by atoms with E-state index in [1.165, 1.54) is 0 Å². The molecule has 2 N–H and O–H groups in total. The minimum absolute atomic E-state index is 0.156. The Morgan fingerprint density at radius 3 is 2.76 bits per heavy atom. The van der Waals surface area contributed by atoms with E-state index in [0.29, 0.717) is 0 Å². The maximum absolute atomic E-state index is 13.7. The number of halogens is 3. The second kappa shape index (κ2) is 4.58. The molecule has 0 bridgehead atoms.